The number of carbonyl (C=O) groups excluding carboxylic acids is 1. The summed E-state index contributed by atoms with van der Waals surface area (Å²) in [6, 6.07) is 11.4. The van der Waals surface area contributed by atoms with Gasteiger partial charge in [0.25, 0.3) is 6.01 Å². The number of anilines is 2. The van der Waals surface area contributed by atoms with Crippen molar-refractivity contribution in [2.24, 2.45) is 5.92 Å². The summed E-state index contributed by atoms with van der Waals surface area (Å²) in [5.74, 6) is -2.46. The van der Waals surface area contributed by atoms with Gasteiger partial charge in [0.15, 0.2) is 5.58 Å². The van der Waals surface area contributed by atoms with Crippen molar-refractivity contribution >= 4 is 34.7 Å². The number of aromatic carboxylic acids is 1. The Hall–Kier alpha value is -3.42. The van der Waals surface area contributed by atoms with Crippen molar-refractivity contribution in [1.29, 1.82) is 0 Å². The third kappa shape index (κ3) is 3.53. The van der Waals surface area contributed by atoms with E-state index < -0.39 is 11.8 Å². The second-order valence-electron chi connectivity index (χ2n) is 6.71. The average molecular weight is 383 g/mol. The topological polar surface area (TPSA) is 95.7 Å². The Kier molecular flexibility index (Phi) is 4.68. The molecule has 0 atom stereocenters. The van der Waals surface area contributed by atoms with Crippen LogP contribution in [0.25, 0.3) is 11.1 Å². The lowest BCUT2D eigenvalue weighted by molar-refractivity contribution is -0.120. The van der Waals surface area contributed by atoms with Crippen molar-refractivity contribution in [3.05, 3.63) is 53.8 Å². The zero-order valence-corrected chi connectivity index (χ0v) is 14.9. The zero-order valence-electron chi connectivity index (χ0n) is 14.9. The molecule has 7 nitrogen and oxygen atoms in total. The fraction of sp³-hybridized carbons (Fsp3) is 0.250. The number of piperidine rings is 1. The van der Waals surface area contributed by atoms with Crippen molar-refractivity contribution < 1.29 is 23.5 Å². The molecule has 0 saturated carbocycles. The lowest BCUT2D eigenvalue weighted by atomic mass is 9.96. The van der Waals surface area contributed by atoms with E-state index in [4.69, 9.17) is 9.52 Å². The predicted octanol–water partition coefficient (Wildman–Crippen LogP) is 3.52. The first-order valence-corrected chi connectivity index (χ1v) is 8.95. The molecule has 2 N–H and O–H groups in total. The molecule has 0 spiro atoms. The Morgan fingerprint density at radius 3 is 2.64 bits per heavy atom. The number of amides is 1. The van der Waals surface area contributed by atoms with Crippen molar-refractivity contribution in [1.82, 2.24) is 4.98 Å². The number of hydrogen-bond donors (Lipinski definition) is 2. The number of aromatic nitrogens is 1. The SMILES string of the molecule is O=C(O)c1ccc(F)c(NC(=O)C2CCN(c3nc4ccccc4o3)CC2)c1. The van der Waals surface area contributed by atoms with Crippen LogP contribution in [0.15, 0.2) is 46.9 Å². The smallest absolute Gasteiger partial charge is 0.335 e. The first kappa shape index (κ1) is 18.0. The van der Waals surface area contributed by atoms with Crippen LogP contribution >= 0.6 is 0 Å². The van der Waals surface area contributed by atoms with Gasteiger partial charge in [-0.3, -0.25) is 4.79 Å². The van der Waals surface area contributed by atoms with Crippen LogP contribution in [0.2, 0.25) is 0 Å². The number of carbonyl (C=O) groups is 2. The minimum atomic E-state index is -1.18. The van der Waals surface area contributed by atoms with Crippen molar-refractivity contribution in [3.63, 3.8) is 0 Å². The van der Waals surface area contributed by atoms with E-state index in [-0.39, 0.29) is 23.1 Å². The van der Waals surface area contributed by atoms with Crippen LogP contribution in [-0.4, -0.2) is 35.1 Å². The Morgan fingerprint density at radius 2 is 1.93 bits per heavy atom. The van der Waals surface area contributed by atoms with Gasteiger partial charge in [-0.25, -0.2) is 9.18 Å². The number of nitrogens with zero attached hydrogens (tertiary/aromatic N) is 2. The number of carboxylic acids is 1. The van der Waals surface area contributed by atoms with Crippen LogP contribution < -0.4 is 10.2 Å². The Bertz CT molecular complexity index is 1010. The number of benzene rings is 2. The van der Waals surface area contributed by atoms with Crippen LogP contribution in [0.3, 0.4) is 0 Å². The molecule has 1 aliphatic rings. The molecule has 2 heterocycles. The van der Waals surface area contributed by atoms with E-state index in [9.17, 15) is 14.0 Å². The Balaban J connectivity index is 1.40. The van der Waals surface area contributed by atoms with Gasteiger partial charge in [-0.2, -0.15) is 4.98 Å². The zero-order chi connectivity index (χ0) is 19.7. The van der Waals surface area contributed by atoms with E-state index in [1.165, 1.54) is 0 Å². The molecule has 0 unspecified atom stereocenters. The molecule has 1 amide bonds. The van der Waals surface area contributed by atoms with Gasteiger partial charge >= 0.3 is 5.97 Å². The minimum Gasteiger partial charge on any atom is -0.478 e. The summed E-state index contributed by atoms with van der Waals surface area (Å²) in [5.41, 5.74) is 1.30. The van der Waals surface area contributed by atoms with Crippen LogP contribution in [0, 0.1) is 11.7 Å². The second-order valence-corrected chi connectivity index (χ2v) is 6.71. The predicted molar refractivity (Wildman–Crippen MR) is 101 cm³/mol. The van der Waals surface area contributed by atoms with E-state index in [1.807, 2.05) is 29.2 Å². The van der Waals surface area contributed by atoms with Crippen molar-refractivity contribution in [3.8, 4) is 0 Å². The standard InChI is InChI=1S/C20H18FN3O4/c21-14-6-5-13(19(26)27)11-16(14)22-18(25)12-7-9-24(10-8-12)20-23-15-3-1-2-4-17(15)28-20/h1-6,11-12H,7-10H2,(H,22,25)(H,26,27). The number of hydrogen-bond acceptors (Lipinski definition) is 5. The van der Waals surface area contributed by atoms with Gasteiger partial charge in [0.2, 0.25) is 5.91 Å². The molecule has 1 fully saturated rings. The quantitative estimate of drug-likeness (QED) is 0.716. The number of halogens is 1. The normalized spacial score (nSPS) is 15.0. The number of carboxylic acid groups (broad SMARTS) is 1. The lowest BCUT2D eigenvalue weighted by Crippen LogP contribution is -2.38. The summed E-state index contributed by atoms with van der Waals surface area (Å²) in [6.07, 6.45) is 1.12. The van der Waals surface area contributed by atoms with Crippen molar-refractivity contribution in [2.75, 3.05) is 23.3 Å². The fourth-order valence-corrected chi connectivity index (χ4v) is 3.32. The highest BCUT2D eigenvalue weighted by atomic mass is 19.1. The van der Waals surface area contributed by atoms with Gasteiger partial charge in [-0.15, -0.1) is 0 Å². The molecule has 1 aliphatic heterocycles. The molecule has 28 heavy (non-hydrogen) atoms. The summed E-state index contributed by atoms with van der Waals surface area (Å²) >= 11 is 0. The monoisotopic (exact) mass is 383 g/mol. The molecule has 0 aliphatic carbocycles. The van der Waals surface area contributed by atoms with Gasteiger partial charge in [0.1, 0.15) is 11.3 Å². The van der Waals surface area contributed by atoms with Crippen LogP contribution in [0.4, 0.5) is 16.1 Å². The lowest BCUT2D eigenvalue weighted by Gasteiger charge is -2.30. The fourth-order valence-electron chi connectivity index (χ4n) is 3.32. The number of para-hydroxylation sites is 2. The summed E-state index contributed by atoms with van der Waals surface area (Å²) in [4.78, 5) is 30.0. The van der Waals surface area contributed by atoms with Gasteiger partial charge in [-0.05, 0) is 43.2 Å². The third-order valence-electron chi connectivity index (χ3n) is 4.89. The molecule has 0 bridgehead atoms. The van der Waals surface area contributed by atoms with E-state index in [1.54, 1.807) is 0 Å². The Labute approximate surface area is 159 Å². The molecular formula is C20H18FN3O4. The molecule has 0 radical (unpaired) electrons. The maximum atomic E-state index is 13.9. The number of fused-ring (bicyclic) bond motifs is 1. The highest BCUT2D eigenvalue weighted by Crippen LogP contribution is 2.27. The maximum absolute atomic E-state index is 13.9. The molecule has 1 aromatic heterocycles. The van der Waals surface area contributed by atoms with Gasteiger partial charge in [0, 0.05) is 19.0 Å². The summed E-state index contributed by atoms with van der Waals surface area (Å²) in [7, 11) is 0. The Morgan fingerprint density at radius 1 is 1.18 bits per heavy atom. The minimum absolute atomic E-state index is 0.0810. The van der Waals surface area contributed by atoms with Crippen LogP contribution in [-0.2, 0) is 4.79 Å². The molecule has 3 aromatic rings. The summed E-state index contributed by atoms with van der Waals surface area (Å²) in [5, 5.41) is 11.5. The largest absolute Gasteiger partial charge is 0.478 e. The van der Waals surface area contributed by atoms with Gasteiger partial charge in [-0.1, -0.05) is 12.1 Å². The van der Waals surface area contributed by atoms with Gasteiger partial charge in [0.05, 0.1) is 11.3 Å². The van der Waals surface area contributed by atoms with Crippen molar-refractivity contribution in [2.45, 2.75) is 12.8 Å². The molecule has 2 aromatic carbocycles. The highest BCUT2D eigenvalue weighted by molar-refractivity contribution is 5.95. The summed E-state index contributed by atoms with van der Waals surface area (Å²) in [6.45, 7) is 1.17. The number of nitrogens with one attached hydrogen (secondary N) is 1. The van der Waals surface area contributed by atoms with E-state index in [0.717, 1.165) is 23.7 Å². The third-order valence-corrected chi connectivity index (χ3v) is 4.89. The first-order valence-electron chi connectivity index (χ1n) is 8.95. The van der Waals surface area contributed by atoms with E-state index >= 15 is 0 Å². The molecule has 144 valence electrons. The molecule has 8 heteroatoms. The molecular weight excluding hydrogens is 365 g/mol. The van der Waals surface area contributed by atoms with Gasteiger partial charge < -0.3 is 19.7 Å². The van der Waals surface area contributed by atoms with Crippen LogP contribution in [0.1, 0.15) is 23.2 Å². The second kappa shape index (κ2) is 7.30. The first-order chi connectivity index (χ1) is 13.5. The number of oxazole rings is 1. The number of rotatable bonds is 4. The maximum Gasteiger partial charge on any atom is 0.335 e. The van der Waals surface area contributed by atoms with E-state index in [0.29, 0.717) is 37.5 Å². The highest BCUT2D eigenvalue weighted by Gasteiger charge is 2.28. The molecule has 1 saturated heterocycles. The van der Waals surface area contributed by atoms with E-state index in [2.05, 4.69) is 10.3 Å². The van der Waals surface area contributed by atoms with Crippen LogP contribution in [0.5, 0.6) is 0 Å². The average Bonchev–Trinajstić information content (AvgIpc) is 3.14. The molecule has 4 rings (SSSR count). The summed E-state index contributed by atoms with van der Waals surface area (Å²) < 4.78 is 19.7.